The Morgan fingerprint density at radius 3 is 2.29 bits per heavy atom. The molecule has 3 rings (SSSR count). The maximum atomic E-state index is 12.6. The van der Waals surface area contributed by atoms with E-state index in [1.54, 1.807) is 25.1 Å². The molecule has 0 bridgehead atoms. The maximum Gasteiger partial charge on any atom is 0.325 e. The monoisotopic (exact) mass is 328 g/mol. The Morgan fingerprint density at radius 2 is 1.75 bits per heavy atom. The number of aryl methyl sites for hydroxylation is 1. The second kappa shape index (κ2) is 6.11. The van der Waals surface area contributed by atoms with E-state index < -0.39 is 12.0 Å². The van der Waals surface area contributed by atoms with Gasteiger partial charge in [-0.05, 0) is 57.2 Å². The van der Waals surface area contributed by atoms with Crippen LogP contribution in [0, 0.1) is 6.92 Å². The first kappa shape index (κ1) is 16.2. The number of benzene rings is 1. The summed E-state index contributed by atoms with van der Waals surface area (Å²) in [6.07, 6.45) is 3.18. The van der Waals surface area contributed by atoms with E-state index in [0.717, 1.165) is 18.4 Å². The number of carboxylic acids is 1. The summed E-state index contributed by atoms with van der Waals surface area (Å²) < 4.78 is 0. The van der Waals surface area contributed by atoms with Crippen molar-refractivity contribution in [2.24, 2.45) is 0 Å². The van der Waals surface area contributed by atoms with E-state index in [0.29, 0.717) is 35.4 Å². The van der Waals surface area contributed by atoms with Crippen LogP contribution in [0.1, 0.15) is 38.2 Å². The number of aliphatic carboxylic acids is 1. The van der Waals surface area contributed by atoms with Crippen molar-refractivity contribution in [1.82, 2.24) is 0 Å². The number of anilines is 2. The number of carbonyl (C=O) groups excluding carboxylic acids is 2. The number of carboxylic acid groups (broad SMARTS) is 1. The minimum absolute atomic E-state index is 0.240. The lowest BCUT2D eigenvalue weighted by molar-refractivity contribution is -0.137. The third kappa shape index (κ3) is 2.68. The average molecular weight is 328 g/mol. The quantitative estimate of drug-likeness (QED) is 0.830. The molecule has 2 amide bonds. The van der Waals surface area contributed by atoms with E-state index in [2.05, 4.69) is 5.32 Å². The molecule has 0 saturated heterocycles. The van der Waals surface area contributed by atoms with Gasteiger partial charge in [0.1, 0.15) is 6.04 Å². The number of rotatable bonds is 4. The Morgan fingerprint density at radius 1 is 1.17 bits per heavy atom. The summed E-state index contributed by atoms with van der Waals surface area (Å²) >= 11 is 0. The number of amides is 2. The fraction of sp³-hybridized carbons (Fsp3) is 0.389. The molecule has 2 aliphatic rings. The summed E-state index contributed by atoms with van der Waals surface area (Å²) in [4.78, 5) is 37.5. The first-order valence-electron chi connectivity index (χ1n) is 8.11. The van der Waals surface area contributed by atoms with Gasteiger partial charge in [-0.2, -0.15) is 0 Å². The van der Waals surface area contributed by atoms with Crippen molar-refractivity contribution in [3.63, 3.8) is 0 Å². The molecule has 1 aliphatic carbocycles. The fourth-order valence-electron chi connectivity index (χ4n) is 3.17. The van der Waals surface area contributed by atoms with E-state index >= 15 is 0 Å². The van der Waals surface area contributed by atoms with Crippen LogP contribution in [0.25, 0.3) is 0 Å². The van der Waals surface area contributed by atoms with Gasteiger partial charge in [-0.1, -0.05) is 6.07 Å². The Bertz CT molecular complexity index is 738. The molecule has 24 heavy (non-hydrogen) atoms. The van der Waals surface area contributed by atoms with Crippen LogP contribution in [0.15, 0.2) is 29.3 Å². The van der Waals surface area contributed by atoms with Crippen LogP contribution >= 0.6 is 0 Å². The van der Waals surface area contributed by atoms with Gasteiger partial charge < -0.3 is 10.4 Å². The molecule has 126 valence electrons. The predicted molar refractivity (Wildman–Crippen MR) is 89.9 cm³/mol. The molecule has 1 aromatic carbocycles. The van der Waals surface area contributed by atoms with Crippen LogP contribution < -0.4 is 10.2 Å². The summed E-state index contributed by atoms with van der Waals surface area (Å²) in [7, 11) is 0. The van der Waals surface area contributed by atoms with Crippen molar-refractivity contribution >= 4 is 29.2 Å². The van der Waals surface area contributed by atoms with E-state index in [1.165, 1.54) is 4.90 Å². The maximum absolute atomic E-state index is 12.6. The van der Waals surface area contributed by atoms with Crippen LogP contribution in [0.4, 0.5) is 11.4 Å². The van der Waals surface area contributed by atoms with E-state index in [4.69, 9.17) is 5.11 Å². The van der Waals surface area contributed by atoms with Crippen molar-refractivity contribution in [1.29, 1.82) is 0 Å². The SMILES string of the molecule is Cc1ccc(N2C(=O)C3=C(CCCC3)C2=O)cc1NC(C)C(=O)O. The molecule has 0 fully saturated rings. The molecule has 1 unspecified atom stereocenters. The van der Waals surface area contributed by atoms with Crippen LogP contribution in [-0.2, 0) is 14.4 Å². The third-order valence-corrected chi connectivity index (χ3v) is 4.61. The van der Waals surface area contributed by atoms with Crippen LogP contribution in [0.5, 0.6) is 0 Å². The zero-order valence-corrected chi connectivity index (χ0v) is 13.8. The second-order valence-corrected chi connectivity index (χ2v) is 6.31. The van der Waals surface area contributed by atoms with Crippen molar-refractivity contribution in [3.8, 4) is 0 Å². The molecule has 1 heterocycles. The lowest BCUT2D eigenvalue weighted by Crippen LogP contribution is -2.32. The van der Waals surface area contributed by atoms with Gasteiger partial charge in [0.2, 0.25) is 0 Å². The normalized spacial score (nSPS) is 18.7. The first-order valence-corrected chi connectivity index (χ1v) is 8.11. The molecule has 1 atom stereocenters. The van der Waals surface area contributed by atoms with Gasteiger partial charge in [-0.3, -0.25) is 14.4 Å². The highest BCUT2D eigenvalue weighted by atomic mass is 16.4. The topological polar surface area (TPSA) is 86.7 Å². The van der Waals surface area contributed by atoms with Gasteiger partial charge in [0.15, 0.2) is 0 Å². The van der Waals surface area contributed by atoms with Crippen molar-refractivity contribution < 1.29 is 19.5 Å². The Balaban J connectivity index is 1.92. The van der Waals surface area contributed by atoms with Gasteiger partial charge >= 0.3 is 5.97 Å². The van der Waals surface area contributed by atoms with Gasteiger partial charge in [-0.15, -0.1) is 0 Å². The minimum atomic E-state index is -0.967. The Hall–Kier alpha value is -2.63. The van der Waals surface area contributed by atoms with Crippen LogP contribution in [0.2, 0.25) is 0 Å². The highest BCUT2D eigenvalue weighted by molar-refractivity contribution is 6.33. The van der Waals surface area contributed by atoms with Crippen LogP contribution in [-0.4, -0.2) is 28.9 Å². The van der Waals surface area contributed by atoms with Crippen LogP contribution in [0.3, 0.4) is 0 Å². The molecule has 0 spiro atoms. The molecular weight excluding hydrogens is 308 g/mol. The number of nitrogens with one attached hydrogen (secondary N) is 1. The Labute approximate surface area is 140 Å². The largest absolute Gasteiger partial charge is 0.480 e. The lowest BCUT2D eigenvalue weighted by Gasteiger charge is -2.19. The number of hydrogen-bond acceptors (Lipinski definition) is 4. The zero-order chi connectivity index (χ0) is 17.4. The van der Waals surface area contributed by atoms with E-state index in [9.17, 15) is 14.4 Å². The average Bonchev–Trinajstić information content (AvgIpc) is 2.81. The predicted octanol–water partition coefficient (Wildman–Crippen LogP) is 2.62. The van der Waals surface area contributed by atoms with E-state index in [1.807, 2.05) is 6.92 Å². The van der Waals surface area contributed by atoms with Gasteiger partial charge in [-0.25, -0.2) is 4.90 Å². The van der Waals surface area contributed by atoms with Gasteiger partial charge in [0.05, 0.1) is 5.69 Å². The molecule has 1 aromatic rings. The molecule has 6 heteroatoms. The van der Waals surface area contributed by atoms with Gasteiger partial charge in [0.25, 0.3) is 11.8 Å². The molecule has 6 nitrogen and oxygen atoms in total. The summed E-state index contributed by atoms with van der Waals surface area (Å²) in [5.41, 5.74) is 3.21. The molecular formula is C18H20N2O4. The fourth-order valence-corrected chi connectivity index (χ4v) is 3.17. The Kier molecular flexibility index (Phi) is 4.13. The highest BCUT2D eigenvalue weighted by Crippen LogP contribution is 2.36. The number of imide groups is 1. The summed E-state index contributed by atoms with van der Waals surface area (Å²) in [5, 5.41) is 12.0. The summed E-state index contributed by atoms with van der Waals surface area (Å²) in [6.45, 7) is 3.39. The van der Waals surface area contributed by atoms with E-state index in [-0.39, 0.29) is 11.8 Å². The van der Waals surface area contributed by atoms with Crippen molar-refractivity contribution in [2.45, 2.75) is 45.6 Å². The number of nitrogens with zero attached hydrogens (tertiary/aromatic N) is 1. The molecule has 0 aromatic heterocycles. The first-order chi connectivity index (χ1) is 11.4. The molecule has 0 radical (unpaired) electrons. The molecule has 2 N–H and O–H groups in total. The number of carbonyl (C=O) groups is 3. The third-order valence-electron chi connectivity index (χ3n) is 4.61. The molecule has 0 saturated carbocycles. The second-order valence-electron chi connectivity index (χ2n) is 6.31. The highest BCUT2D eigenvalue weighted by Gasteiger charge is 2.39. The van der Waals surface area contributed by atoms with Crippen molar-refractivity contribution in [2.75, 3.05) is 10.2 Å². The molecule has 1 aliphatic heterocycles. The summed E-state index contributed by atoms with van der Waals surface area (Å²) in [5.74, 6) is -1.45. The smallest absolute Gasteiger partial charge is 0.325 e. The standard InChI is InChI=1S/C18H20N2O4/c1-10-7-8-12(9-15(10)19-11(2)18(23)24)20-16(21)13-5-3-4-6-14(13)17(20)22/h7-9,11,19H,3-6H2,1-2H3,(H,23,24). The zero-order valence-electron chi connectivity index (χ0n) is 13.8. The lowest BCUT2D eigenvalue weighted by atomic mass is 9.93. The van der Waals surface area contributed by atoms with Gasteiger partial charge in [0, 0.05) is 16.8 Å². The minimum Gasteiger partial charge on any atom is -0.480 e. The summed E-state index contributed by atoms with van der Waals surface area (Å²) in [6, 6.07) is 4.41. The van der Waals surface area contributed by atoms with Crippen molar-refractivity contribution in [3.05, 3.63) is 34.9 Å². The number of hydrogen-bond donors (Lipinski definition) is 2.